The third-order valence-corrected chi connectivity index (χ3v) is 5.42. The molecule has 1 N–H and O–H groups in total. The van der Waals surface area contributed by atoms with Crippen molar-refractivity contribution in [3.8, 4) is 0 Å². The van der Waals surface area contributed by atoms with Gasteiger partial charge < -0.3 is 14.5 Å². The molecule has 5 nitrogen and oxygen atoms in total. The zero-order valence-electron chi connectivity index (χ0n) is 15.0. The molecule has 1 heterocycles. The molecule has 2 aromatic rings. The molecule has 0 aliphatic heterocycles. The Balaban J connectivity index is 1.58. The number of carbonyl (C=O) groups excluding carboxylic acids is 2. The normalized spacial score (nSPS) is 23.4. The number of esters is 1. The molecule has 134 valence electrons. The van der Waals surface area contributed by atoms with Crippen LogP contribution in [0.2, 0.25) is 0 Å². The maximum absolute atomic E-state index is 12.3. The van der Waals surface area contributed by atoms with Gasteiger partial charge in [0.25, 0.3) is 5.91 Å². The van der Waals surface area contributed by atoms with Crippen LogP contribution in [-0.4, -0.2) is 24.5 Å². The van der Waals surface area contributed by atoms with Crippen LogP contribution in [0, 0.1) is 18.8 Å². The van der Waals surface area contributed by atoms with Gasteiger partial charge in [-0.1, -0.05) is 44.9 Å². The van der Waals surface area contributed by atoms with E-state index in [4.69, 9.17) is 9.15 Å². The summed E-state index contributed by atoms with van der Waals surface area (Å²) in [7, 11) is 0. The van der Waals surface area contributed by atoms with Gasteiger partial charge in [-0.05, 0) is 31.2 Å². The Morgan fingerprint density at radius 2 is 2.00 bits per heavy atom. The molecule has 5 heteroatoms. The average Bonchev–Trinajstić information content (AvgIpc) is 2.94. The topological polar surface area (TPSA) is 68.5 Å². The molecule has 1 aromatic carbocycles. The van der Waals surface area contributed by atoms with Crippen molar-refractivity contribution < 1.29 is 18.7 Å². The molecule has 3 rings (SSSR count). The summed E-state index contributed by atoms with van der Waals surface area (Å²) in [5.74, 6) is 0.335. The lowest BCUT2D eigenvalue weighted by Gasteiger charge is -2.34. The van der Waals surface area contributed by atoms with Crippen LogP contribution in [0.1, 0.15) is 49.2 Å². The number of nitrogens with one attached hydrogen (secondary N) is 1. The van der Waals surface area contributed by atoms with E-state index in [1.165, 1.54) is 6.42 Å². The summed E-state index contributed by atoms with van der Waals surface area (Å²) >= 11 is 0. The largest absolute Gasteiger partial charge is 0.450 e. The van der Waals surface area contributed by atoms with Gasteiger partial charge >= 0.3 is 5.97 Å². The lowest BCUT2D eigenvalue weighted by molar-refractivity contribution is -0.125. The summed E-state index contributed by atoms with van der Waals surface area (Å²) < 4.78 is 10.7. The first-order valence-corrected chi connectivity index (χ1v) is 8.92. The van der Waals surface area contributed by atoms with Gasteiger partial charge in [0.1, 0.15) is 5.58 Å². The van der Waals surface area contributed by atoms with Gasteiger partial charge in [-0.15, -0.1) is 0 Å². The minimum absolute atomic E-state index is 0.155. The van der Waals surface area contributed by atoms with Crippen LogP contribution < -0.4 is 5.32 Å². The van der Waals surface area contributed by atoms with Crippen LogP contribution in [0.5, 0.6) is 0 Å². The number of rotatable bonds is 4. The fraction of sp³-hybridized carbons (Fsp3) is 0.500. The standard InChI is InChI=1S/C20H25NO4/c1-12-7-6-9-16(13(12)2)21-18(22)11-24-20(23)19-14(3)15-8-4-5-10-17(15)25-19/h4-5,8,10,12-13,16H,6-7,9,11H2,1-3H3,(H,21,22)/t12-,13+,16-/m1/s1. The Kier molecular flexibility index (Phi) is 5.11. The maximum Gasteiger partial charge on any atom is 0.375 e. The highest BCUT2D eigenvalue weighted by molar-refractivity contribution is 5.96. The predicted octanol–water partition coefficient (Wildman–Crippen LogP) is 3.84. The van der Waals surface area contributed by atoms with Crippen molar-refractivity contribution in [3.63, 3.8) is 0 Å². The first kappa shape index (κ1) is 17.5. The molecule has 0 spiro atoms. The quantitative estimate of drug-likeness (QED) is 0.857. The second-order valence-corrected chi connectivity index (χ2v) is 7.07. The van der Waals surface area contributed by atoms with Gasteiger partial charge in [0.05, 0.1) is 0 Å². The van der Waals surface area contributed by atoms with E-state index < -0.39 is 5.97 Å². The highest BCUT2D eigenvalue weighted by Gasteiger charge is 2.28. The second-order valence-electron chi connectivity index (χ2n) is 7.07. The molecular weight excluding hydrogens is 318 g/mol. The van der Waals surface area contributed by atoms with Gasteiger partial charge in [-0.25, -0.2) is 4.79 Å². The van der Waals surface area contributed by atoms with E-state index in [9.17, 15) is 9.59 Å². The number of benzene rings is 1. The summed E-state index contributed by atoms with van der Waals surface area (Å²) in [6.07, 6.45) is 3.30. The van der Waals surface area contributed by atoms with Crippen molar-refractivity contribution in [1.82, 2.24) is 5.32 Å². The smallest absolute Gasteiger partial charge is 0.375 e. The van der Waals surface area contributed by atoms with Crippen molar-refractivity contribution in [3.05, 3.63) is 35.6 Å². The number of aryl methyl sites for hydroxylation is 1. The molecule has 0 unspecified atom stereocenters. The molecule has 0 saturated heterocycles. The number of carbonyl (C=O) groups is 2. The molecule has 1 aliphatic rings. The van der Waals surface area contributed by atoms with Crippen molar-refractivity contribution in [2.24, 2.45) is 11.8 Å². The molecule has 25 heavy (non-hydrogen) atoms. The zero-order valence-corrected chi connectivity index (χ0v) is 15.0. The van der Waals surface area contributed by atoms with Gasteiger partial charge in [0.2, 0.25) is 5.76 Å². The van der Waals surface area contributed by atoms with Gasteiger partial charge in [-0.2, -0.15) is 0 Å². The van der Waals surface area contributed by atoms with Crippen molar-refractivity contribution in [2.75, 3.05) is 6.61 Å². The SMILES string of the molecule is Cc1c(C(=O)OCC(=O)N[C@@H]2CCC[C@@H](C)[C@@H]2C)oc2ccccc12. The van der Waals surface area contributed by atoms with Crippen molar-refractivity contribution in [2.45, 2.75) is 46.1 Å². The van der Waals surface area contributed by atoms with E-state index in [1.54, 1.807) is 6.07 Å². The lowest BCUT2D eigenvalue weighted by atomic mass is 9.78. The van der Waals surface area contributed by atoms with Gasteiger partial charge in [-0.3, -0.25) is 4.79 Å². The molecule has 1 amide bonds. The van der Waals surface area contributed by atoms with Crippen LogP contribution in [0.3, 0.4) is 0 Å². The zero-order chi connectivity index (χ0) is 18.0. The highest BCUT2D eigenvalue weighted by atomic mass is 16.5. The van der Waals surface area contributed by atoms with Gasteiger partial charge in [0, 0.05) is 17.0 Å². The first-order chi connectivity index (χ1) is 12.0. The van der Waals surface area contributed by atoms with Crippen LogP contribution in [0.4, 0.5) is 0 Å². The lowest BCUT2D eigenvalue weighted by Crippen LogP contribution is -2.45. The molecule has 1 aromatic heterocycles. The summed E-state index contributed by atoms with van der Waals surface area (Å²) in [5.41, 5.74) is 1.37. The van der Waals surface area contributed by atoms with E-state index in [-0.39, 0.29) is 24.3 Å². The number of fused-ring (bicyclic) bond motifs is 1. The highest BCUT2D eigenvalue weighted by Crippen LogP contribution is 2.29. The Morgan fingerprint density at radius 1 is 1.24 bits per heavy atom. The summed E-state index contributed by atoms with van der Waals surface area (Å²) in [4.78, 5) is 24.4. The van der Waals surface area contributed by atoms with Gasteiger partial charge in [0.15, 0.2) is 6.61 Å². The van der Waals surface area contributed by atoms with E-state index in [0.29, 0.717) is 17.4 Å². The summed E-state index contributed by atoms with van der Waals surface area (Å²) in [6, 6.07) is 7.59. The number of para-hydroxylation sites is 1. The number of ether oxygens (including phenoxy) is 1. The predicted molar refractivity (Wildman–Crippen MR) is 95.3 cm³/mol. The summed E-state index contributed by atoms with van der Waals surface area (Å²) in [5, 5.41) is 3.88. The Morgan fingerprint density at radius 3 is 2.76 bits per heavy atom. The second kappa shape index (κ2) is 7.30. The number of hydrogen-bond donors (Lipinski definition) is 1. The van der Waals surface area contributed by atoms with E-state index >= 15 is 0 Å². The molecular formula is C20H25NO4. The fourth-order valence-electron chi connectivity index (χ4n) is 3.60. The monoisotopic (exact) mass is 343 g/mol. The average molecular weight is 343 g/mol. The van der Waals surface area contributed by atoms with E-state index in [0.717, 1.165) is 23.8 Å². The van der Waals surface area contributed by atoms with Crippen LogP contribution in [0.25, 0.3) is 11.0 Å². The molecule has 1 fully saturated rings. The molecule has 0 radical (unpaired) electrons. The molecule has 0 bridgehead atoms. The Bertz CT molecular complexity index is 779. The minimum Gasteiger partial charge on any atom is -0.450 e. The number of amides is 1. The third-order valence-electron chi connectivity index (χ3n) is 5.42. The molecule has 1 aliphatic carbocycles. The fourth-order valence-corrected chi connectivity index (χ4v) is 3.60. The number of hydrogen-bond acceptors (Lipinski definition) is 4. The molecule has 3 atom stereocenters. The van der Waals surface area contributed by atoms with Crippen LogP contribution in [-0.2, 0) is 9.53 Å². The Labute approximate surface area is 147 Å². The third kappa shape index (κ3) is 3.70. The minimum atomic E-state index is -0.603. The first-order valence-electron chi connectivity index (χ1n) is 8.92. The maximum atomic E-state index is 12.3. The van der Waals surface area contributed by atoms with Crippen molar-refractivity contribution in [1.29, 1.82) is 0 Å². The molecule has 1 saturated carbocycles. The van der Waals surface area contributed by atoms with Crippen molar-refractivity contribution >= 4 is 22.8 Å². The summed E-state index contributed by atoms with van der Waals surface area (Å²) in [6.45, 7) is 5.91. The number of furan rings is 1. The van der Waals surface area contributed by atoms with E-state index in [1.807, 2.05) is 25.1 Å². The van der Waals surface area contributed by atoms with Crippen LogP contribution in [0.15, 0.2) is 28.7 Å². The van der Waals surface area contributed by atoms with Crippen LogP contribution >= 0.6 is 0 Å². The van der Waals surface area contributed by atoms with E-state index in [2.05, 4.69) is 19.2 Å². The Hall–Kier alpha value is -2.30.